The van der Waals surface area contributed by atoms with E-state index in [4.69, 9.17) is 0 Å². The topological polar surface area (TPSA) is 12.0 Å². The number of hydrogen-bond donors (Lipinski definition) is 1. The van der Waals surface area contributed by atoms with Gasteiger partial charge in [0.05, 0.1) is 0 Å². The third-order valence-electron chi connectivity index (χ3n) is 3.43. The van der Waals surface area contributed by atoms with E-state index < -0.39 is 0 Å². The van der Waals surface area contributed by atoms with Crippen molar-refractivity contribution in [1.29, 1.82) is 0 Å². The maximum atomic E-state index is 3.81. The second-order valence-corrected chi connectivity index (χ2v) is 6.55. The summed E-state index contributed by atoms with van der Waals surface area (Å²) >= 11 is 2.04. The van der Waals surface area contributed by atoms with Gasteiger partial charge in [-0.2, -0.15) is 11.8 Å². The molecule has 1 rings (SSSR count). The van der Waals surface area contributed by atoms with Gasteiger partial charge in [0.25, 0.3) is 0 Å². The zero-order chi connectivity index (χ0) is 13.9. The van der Waals surface area contributed by atoms with E-state index >= 15 is 0 Å². The maximum absolute atomic E-state index is 3.81. The van der Waals surface area contributed by atoms with Crippen molar-refractivity contribution in [2.24, 2.45) is 0 Å². The highest BCUT2D eigenvalue weighted by Crippen LogP contribution is 2.20. The van der Waals surface area contributed by atoms with E-state index in [-0.39, 0.29) is 0 Å². The summed E-state index contributed by atoms with van der Waals surface area (Å²) in [5, 5.41) is 3.81. The van der Waals surface area contributed by atoms with Crippen molar-refractivity contribution in [1.82, 2.24) is 5.32 Å². The Kier molecular flexibility index (Phi) is 9.02. The molecule has 1 aromatic carbocycles. The Morgan fingerprint density at radius 1 is 1.11 bits per heavy atom. The molecule has 0 aliphatic heterocycles. The molecule has 0 radical (unpaired) electrons. The molecule has 2 heteroatoms. The van der Waals surface area contributed by atoms with E-state index in [1.165, 1.54) is 42.8 Å². The fourth-order valence-electron chi connectivity index (χ4n) is 2.27. The molecular weight excluding hydrogens is 250 g/mol. The highest BCUT2D eigenvalue weighted by atomic mass is 32.2. The summed E-state index contributed by atoms with van der Waals surface area (Å²) in [7, 11) is 0. The minimum atomic E-state index is 0.516. The van der Waals surface area contributed by atoms with Gasteiger partial charge >= 0.3 is 0 Å². The zero-order valence-electron chi connectivity index (χ0n) is 12.7. The van der Waals surface area contributed by atoms with Crippen molar-refractivity contribution < 1.29 is 0 Å². The number of benzene rings is 1. The molecule has 0 aliphatic carbocycles. The number of unbranched alkanes of at least 4 members (excludes halogenated alkanes) is 1. The molecular formula is C17H29NS. The van der Waals surface area contributed by atoms with E-state index in [0.29, 0.717) is 12.1 Å². The van der Waals surface area contributed by atoms with Gasteiger partial charge in [-0.1, -0.05) is 57.0 Å². The summed E-state index contributed by atoms with van der Waals surface area (Å²) in [6.45, 7) is 6.82. The zero-order valence-corrected chi connectivity index (χ0v) is 13.5. The molecule has 0 heterocycles. The molecule has 108 valence electrons. The van der Waals surface area contributed by atoms with Crippen LogP contribution in [0.15, 0.2) is 30.3 Å². The minimum absolute atomic E-state index is 0.516. The van der Waals surface area contributed by atoms with Crippen LogP contribution < -0.4 is 5.32 Å². The van der Waals surface area contributed by atoms with E-state index in [1.54, 1.807) is 0 Å². The van der Waals surface area contributed by atoms with Crippen LogP contribution in [0.5, 0.6) is 0 Å². The molecule has 0 fully saturated rings. The van der Waals surface area contributed by atoms with Gasteiger partial charge in [-0.05, 0) is 36.8 Å². The van der Waals surface area contributed by atoms with Crippen LogP contribution in [0.2, 0.25) is 0 Å². The van der Waals surface area contributed by atoms with Gasteiger partial charge < -0.3 is 5.32 Å². The normalized spacial score (nSPS) is 14.3. The Bertz CT molecular complexity index is 312. The summed E-state index contributed by atoms with van der Waals surface area (Å²) in [5.74, 6) is 2.49. The van der Waals surface area contributed by atoms with Crippen LogP contribution in [0, 0.1) is 0 Å². The average molecular weight is 279 g/mol. The fourth-order valence-corrected chi connectivity index (χ4v) is 3.08. The molecule has 19 heavy (non-hydrogen) atoms. The van der Waals surface area contributed by atoms with Gasteiger partial charge in [-0.25, -0.2) is 0 Å². The molecule has 0 amide bonds. The summed E-state index contributed by atoms with van der Waals surface area (Å²) in [6, 6.07) is 12.0. The molecule has 0 aromatic heterocycles. The molecule has 1 aromatic rings. The van der Waals surface area contributed by atoms with Crippen LogP contribution in [0.4, 0.5) is 0 Å². The largest absolute Gasteiger partial charge is 0.307 e. The maximum Gasteiger partial charge on any atom is 0.0322 e. The first kappa shape index (κ1) is 16.6. The molecule has 0 saturated carbocycles. The minimum Gasteiger partial charge on any atom is -0.307 e. The standard InChI is InChI=1S/C17H29NS/c1-4-6-12-17(16-10-8-7-9-11-16)18-15(3)13-14-19-5-2/h7-11,15,17-18H,4-6,12-14H2,1-3H3. The van der Waals surface area contributed by atoms with Crippen molar-refractivity contribution in [3.8, 4) is 0 Å². The van der Waals surface area contributed by atoms with Crippen LogP contribution in [0.3, 0.4) is 0 Å². The average Bonchev–Trinajstić information content (AvgIpc) is 2.44. The number of nitrogens with one attached hydrogen (secondary N) is 1. The Morgan fingerprint density at radius 2 is 1.84 bits per heavy atom. The van der Waals surface area contributed by atoms with Crippen molar-refractivity contribution in [2.45, 2.75) is 58.5 Å². The monoisotopic (exact) mass is 279 g/mol. The van der Waals surface area contributed by atoms with Gasteiger partial charge in [0.2, 0.25) is 0 Å². The van der Waals surface area contributed by atoms with Gasteiger partial charge in [-0.3, -0.25) is 0 Å². The highest BCUT2D eigenvalue weighted by Gasteiger charge is 2.13. The first-order valence-corrected chi connectivity index (χ1v) is 8.82. The first-order chi connectivity index (χ1) is 9.27. The van der Waals surface area contributed by atoms with Crippen molar-refractivity contribution >= 4 is 11.8 Å². The highest BCUT2D eigenvalue weighted by molar-refractivity contribution is 7.99. The van der Waals surface area contributed by atoms with Gasteiger partial charge in [0, 0.05) is 12.1 Å². The molecule has 2 unspecified atom stereocenters. The van der Waals surface area contributed by atoms with Crippen molar-refractivity contribution in [3.05, 3.63) is 35.9 Å². The summed E-state index contributed by atoms with van der Waals surface area (Å²) in [5.41, 5.74) is 1.44. The SMILES string of the molecule is CCCCC(NC(C)CCSCC)c1ccccc1. The lowest BCUT2D eigenvalue weighted by Gasteiger charge is -2.24. The smallest absolute Gasteiger partial charge is 0.0322 e. The lowest BCUT2D eigenvalue weighted by atomic mass is 10.00. The predicted molar refractivity (Wildman–Crippen MR) is 88.9 cm³/mol. The van der Waals surface area contributed by atoms with Gasteiger partial charge in [-0.15, -0.1) is 0 Å². The number of thioether (sulfide) groups is 1. The van der Waals surface area contributed by atoms with Crippen molar-refractivity contribution in [3.63, 3.8) is 0 Å². The summed E-state index contributed by atoms with van der Waals surface area (Å²) < 4.78 is 0. The predicted octanol–water partition coefficient (Wildman–Crippen LogP) is 5.04. The second kappa shape index (κ2) is 10.3. The lowest BCUT2D eigenvalue weighted by Crippen LogP contribution is -2.31. The lowest BCUT2D eigenvalue weighted by molar-refractivity contribution is 0.418. The molecule has 0 saturated heterocycles. The van der Waals surface area contributed by atoms with E-state index in [1.807, 2.05) is 11.8 Å². The Balaban J connectivity index is 2.49. The Hall–Kier alpha value is -0.470. The van der Waals surface area contributed by atoms with Gasteiger partial charge in [0.15, 0.2) is 0 Å². The van der Waals surface area contributed by atoms with E-state index in [9.17, 15) is 0 Å². The first-order valence-electron chi connectivity index (χ1n) is 7.66. The molecule has 2 atom stereocenters. The van der Waals surface area contributed by atoms with E-state index in [2.05, 4.69) is 56.4 Å². The van der Waals surface area contributed by atoms with Crippen molar-refractivity contribution in [2.75, 3.05) is 11.5 Å². The summed E-state index contributed by atoms with van der Waals surface area (Å²) in [4.78, 5) is 0. The van der Waals surface area contributed by atoms with Crippen LogP contribution in [-0.2, 0) is 0 Å². The Morgan fingerprint density at radius 3 is 2.47 bits per heavy atom. The van der Waals surface area contributed by atoms with Crippen LogP contribution >= 0.6 is 11.8 Å². The third-order valence-corrected chi connectivity index (χ3v) is 4.37. The van der Waals surface area contributed by atoms with Gasteiger partial charge in [0.1, 0.15) is 0 Å². The number of hydrogen-bond acceptors (Lipinski definition) is 2. The molecule has 0 spiro atoms. The molecule has 0 aliphatic rings. The van der Waals surface area contributed by atoms with Crippen LogP contribution in [0.1, 0.15) is 58.1 Å². The number of rotatable bonds is 10. The molecule has 0 bridgehead atoms. The van der Waals surface area contributed by atoms with Crippen LogP contribution in [-0.4, -0.2) is 17.5 Å². The summed E-state index contributed by atoms with van der Waals surface area (Å²) in [6.07, 6.45) is 5.06. The fraction of sp³-hybridized carbons (Fsp3) is 0.647. The molecule has 1 N–H and O–H groups in total. The van der Waals surface area contributed by atoms with E-state index in [0.717, 1.165) is 0 Å². The second-order valence-electron chi connectivity index (χ2n) is 5.16. The quantitative estimate of drug-likeness (QED) is 0.602. The van der Waals surface area contributed by atoms with Crippen LogP contribution in [0.25, 0.3) is 0 Å². The molecule has 1 nitrogen and oxygen atoms in total. The third kappa shape index (κ3) is 7.03. The Labute approximate surface area is 123 Å².